The molecule has 6 nitrogen and oxygen atoms in total. The Kier molecular flexibility index (Phi) is 5.63. The van der Waals surface area contributed by atoms with Crippen LogP contribution in [0.5, 0.6) is 11.5 Å². The van der Waals surface area contributed by atoms with E-state index in [1.807, 2.05) is 7.05 Å². The highest BCUT2D eigenvalue weighted by molar-refractivity contribution is 5.77. The molecule has 1 aromatic carbocycles. The van der Waals surface area contributed by atoms with Crippen molar-refractivity contribution < 1.29 is 24.1 Å². The Hall–Kier alpha value is -1.79. The molecule has 6 heteroatoms. The molecule has 2 rings (SSSR count). The summed E-state index contributed by atoms with van der Waals surface area (Å²) in [6.07, 6.45) is -0.372. The zero-order valence-electron chi connectivity index (χ0n) is 13.2. The lowest BCUT2D eigenvalue weighted by molar-refractivity contribution is -0.153. The van der Waals surface area contributed by atoms with Gasteiger partial charge in [0.15, 0.2) is 17.6 Å². The molecule has 2 unspecified atom stereocenters. The van der Waals surface area contributed by atoms with E-state index in [0.29, 0.717) is 17.1 Å². The number of hydrogen-bond donors (Lipinski definition) is 1. The Labute approximate surface area is 130 Å². The zero-order valence-corrected chi connectivity index (χ0v) is 13.2. The number of rotatable bonds is 6. The number of methoxy groups -OCH3 is 1. The first-order valence-corrected chi connectivity index (χ1v) is 7.43. The van der Waals surface area contributed by atoms with Gasteiger partial charge in [0, 0.05) is 18.7 Å². The molecule has 2 atom stereocenters. The first-order valence-electron chi connectivity index (χ1n) is 7.43. The number of para-hydroxylation sites is 1. The van der Waals surface area contributed by atoms with Crippen molar-refractivity contribution in [2.75, 3.05) is 33.9 Å². The Morgan fingerprint density at radius 3 is 2.86 bits per heavy atom. The Morgan fingerprint density at radius 1 is 1.50 bits per heavy atom. The van der Waals surface area contributed by atoms with Crippen molar-refractivity contribution in [3.63, 3.8) is 0 Å². The van der Waals surface area contributed by atoms with E-state index in [9.17, 15) is 9.90 Å². The maximum atomic E-state index is 11.7. The lowest BCUT2D eigenvalue weighted by atomic mass is 10.1. The van der Waals surface area contributed by atoms with Gasteiger partial charge in [-0.05, 0) is 26.5 Å². The monoisotopic (exact) mass is 309 g/mol. The van der Waals surface area contributed by atoms with E-state index in [1.165, 1.54) is 7.11 Å². The van der Waals surface area contributed by atoms with Gasteiger partial charge < -0.3 is 24.2 Å². The van der Waals surface area contributed by atoms with Crippen LogP contribution in [-0.2, 0) is 9.53 Å². The molecule has 0 amide bonds. The van der Waals surface area contributed by atoms with E-state index in [0.717, 1.165) is 19.5 Å². The lowest BCUT2D eigenvalue weighted by Gasteiger charge is -2.20. The summed E-state index contributed by atoms with van der Waals surface area (Å²) in [7, 11) is 3.53. The van der Waals surface area contributed by atoms with Crippen LogP contribution in [0.3, 0.4) is 0 Å². The van der Waals surface area contributed by atoms with E-state index in [4.69, 9.17) is 14.2 Å². The van der Waals surface area contributed by atoms with Crippen LogP contribution in [0.2, 0.25) is 0 Å². The van der Waals surface area contributed by atoms with Gasteiger partial charge in [-0.1, -0.05) is 12.1 Å². The summed E-state index contributed by atoms with van der Waals surface area (Å²) in [5, 5.41) is 10.1. The zero-order chi connectivity index (χ0) is 16.1. The minimum atomic E-state index is -1.38. The topological polar surface area (TPSA) is 68.2 Å². The second-order valence-electron chi connectivity index (χ2n) is 5.32. The maximum absolute atomic E-state index is 11.7. The summed E-state index contributed by atoms with van der Waals surface area (Å²) in [4.78, 5) is 13.9. The predicted octanol–water partition coefficient (Wildman–Crippen LogP) is 1.37. The molecule has 1 N–H and O–H groups in total. The van der Waals surface area contributed by atoms with Crippen LogP contribution in [-0.4, -0.2) is 55.9 Å². The smallest absolute Gasteiger partial charge is 0.339 e. The third-order valence-electron chi connectivity index (χ3n) is 3.66. The highest BCUT2D eigenvalue weighted by atomic mass is 16.5. The predicted molar refractivity (Wildman–Crippen MR) is 81.1 cm³/mol. The number of benzene rings is 1. The SMILES string of the molecule is CCOC(=O)C(O)c1cccc(OC2CCN(C)C2)c1OC. The maximum Gasteiger partial charge on any atom is 0.339 e. The van der Waals surface area contributed by atoms with E-state index in [-0.39, 0.29) is 12.7 Å². The Bertz CT molecular complexity index is 519. The molecule has 0 saturated carbocycles. The number of carbonyl (C=O) groups excluding carboxylic acids is 1. The summed E-state index contributed by atoms with van der Waals surface area (Å²) < 4.78 is 16.2. The van der Waals surface area contributed by atoms with Crippen LogP contribution in [0.1, 0.15) is 25.0 Å². The molecule has 0 bridgehead atoms. The summed E-state index contributed by atoms with van der Waals surface area (Å²) in [5.41, 5.74) is 0.352. The second-order valence-corrected chi connectivity index (χ2v) is 5.32. The number of esters is 1. The summed E-state index contributed by atoms with van der Waals surface area (Å²) in [5.74, 6) is 0.208. The number of aliphatic hydroxyl groups is 1. The van der Waals surface area contributed by atoms with Crippen LogP contribution in [0.25, 0.3) is 0 Å². The van der Waals surface area contributed by atoms with Gasteiger partial charge in [0.2, 0.25) is 0 Å². The quantitative estimate of drug-likeness (QED) is 0.801. The molecule has 0 radical (unpaired) electrons. The number of hydrogen-bond acceptors (Lipinski definition) is 6. The normalized spacial score (nSPS) is 19.7. The van der Waals surface area contributed by atoms with Crippen molar-refractivity contribution >= 4 is 5.97 Å². The second kappa shape index (κ2) is 7.47. The molecule has 1 aliphatic heterocycles. The standard InChI is InChI=1S/C16H23NO5/c1-4-21-16(19)14(18)12-6-5-7-13(15(12)20-3)22-11-8-9-17(2)10-11/h5-7,11,14,18H,4,8-10H2,1-3H3. The number of carbonyl (C=O) groups is 1. The molecule has 1 heterocycles. The number of nitrogens with zero attached hydrogens (tertiary/aromatic N) is 1. The number of likely N-dealkylation sites (tertiary alicyclic amines) is 1. The Morgan fingerprint density at radius 2 is 2.27 bits per heavy atom. The van der Waals surface area contributed by atoms with E-state index in [2.05, 4.69) is 4.90 Å². The van der Waals surface area contributed by atoms with Gasteiger partial charge in [-0.2, -0.15) is 0 Å². The number of aliphatic hydroxyl groups excluding tert-OH is 1. The number of ether oxygens (including phenoxy) is 3. The number of likely N-dealkylation sites (N-methyl/N-ethyl adjacent to an activating group) is 1. The lowest BCUT2D eigenvalue weighted by Crippen LogP contribution is -2.22. The molecule has 1 aromatic rings. The molecule has 1 fully saturated rings. The average Bonchev–Trinajstić information content (AvgIpc) is 2.91. The van der Waals surface area contributed by atoms with Crippen LogP contribution < -0.4 is 9.47 Å². The Balaban J connectivity index is 2.21. The molecule has 22 heavy (non-hydrogen) atoms. The highest BCUT2D eigenvalue weighted by Crippen LogP contribution is 2.36. The third-order valence-corrected chi connectivity index (χ3v) is 3.66. The fourth-order valence-corrected chi connectivity index (χ4v) is 2.58. The largest absolute Gasteiger partial charge is 0.492 e. The summed E-state index contributed by atoms with van der Waals surface area (Å²) >= 11 is 0. The summed E-state index contributed by atoms with van der Waals surface area (Å²) in [6.45, 7) is 3.73. The van der Waals surface area contributed by atoms with Gasteiger partial charge in [0.25, 0.3) is 0 Å². The van der Waals surface area contributed by atoms with Gasteiger partial charge in [-0.3, -0.25) is 0 Å². The van der Waals surface area contributed by atoms with Crippen LogP contribution in [0, 0.1) is 0 Å². The molecule has 0 aliphatic carbocycles. The molecule has 1 aliphatic rings. The average molecular weight is 309 g/mol. The van der Waals surface area contributed by atoms with E-state index in [1.54, 1.807) is 25.1 Å². The molecular formula is C16H23NO5. The fourth-order valence-electron chi connectivity index (χ4n) is 2.58. The van der Waals surface area contributed by atoms with Gasteiger partial charge in [-0.25, -0.2) is 4.79 Å². The van der Waals surface area contributed by atoms with Crippen molar-refractivity contribution in [2.45, 2.75) is 25.6 Å². The van der Waals surface area contributed by atoms with Crippen LogP contribution in [0.15, 0.2) is 18.2 Å². The molecule has 0 aromatic heterocycles. The first kappa shape index (κ1) is 16.6. The van der Waals surface area contributed by atoms with Crippen molar-refractivity contribution in [2.24, 2.45) is 0 Å². The van der Waals surface area contributed by atoms with E-state index >= 15 is 0 Å². The fraction of sp³-hybridized carbons (Fsp3) is 0.562. The minimum Gasteiger partial charge on any atom is -0.492 e. The third kappa shape index (κ3) is 3.69. The van der Waals surface area contributed by atoms with Gasteiger partial charge in [0.1, 0.15) is 6.10 Å². The van der Waals surface area contributed by atoms with Crippen molar-refractivity contribution in [1.29, 1.82) is 0 Å². The van der Waals surface area contributed by atoms with Crippen LogP contribution >= 0.6 is 0 Å². The first-order chi connectivity index (χ1) is 10.6. The highest BCUT2D eigenvalue weighted by Gasteiger charge is 2.27. The van der Waals surface area contributed by atoms with E-state index < -0.39 is 12.1 Å². The van der Waals surface area contributed by atoms with Gasteiger partial charge in [-0.15, -0.1) is 0 Å². The van der Waals surface area contributed by atoms with Crippen LogP contribution in [0.4, 0.5) is 0 Å². The molecule has 0 spiro atoms. The van der Waals surface area contributed by atoms with Gasteiger partial charge >= 0.3 is 5.97 Å². The van der Waals surface area contributed by atoms with Crippen molar-refractivity contribution in [1.82, 2.24) is 4.90 Å². The van der Waals surface area contributed by atoms with Gasteiger partial charge in [0.05, 0.1) is 13.7 Å². The minimum absolute atomic E-state index is 0.0777. The summed E-state index contributed by atoms with van der Waals surface area (Å²) in [6, 6.07) is 5.14. The van der Waals surface area contributed by atoms with Crippen molar-refractivity contribution in [3.8, 4) is 11.5 Å². The van der Waals surface area contributed by atoms with Crippen molar-refractivity contribution in [3.05, 3.63) is 23.8 Å². The molecule has 122 valence electrons. The molecular weight excluding hydrogens is 286 g/mol. The molecule has 1 saturated heterocycles.